The van der Waals surface area contributed by atoms with Crippen LogP contribution >= 0.6 is 0 Å². The molecule has 2 saturated carbocycles. The van der Waals surface area contributed by atoms with Gasteiger partial charge in [0.2, 0.25) is 0 Å². The van der Waals surface area contributed by atoms with E-state index in [1.807, 2.05) is 0 Å². The number of carbonyl (C=O) groups excluding carboxylic acids is 1. The molecule has 2 unspecified atom stereocenters. The molecule has 5 atom stereocenters. The lowest BCUT2D eigenvalue weighted by Crippen LogP contribution is -2.70. The molecule has 2 N–H and O–H groups in total. The summed E-state index contributed by atoms with van der Waals surface area (Å²) in [5, 5.41) is 13.8. The number of ether oxygens (including phenoxy) is 1. The molecule has 152 valence electrons. The van der Waals surface area contributed by atoms with Crippen LogP contribution in [-0.4, -0.2) is 22.7 Å². The number of carbonyl (C=O) groups is 1. The van der Waals surface area contributed by atoms with Crippen LogP contribution in [-0.2, 0) is 13.0 Å². The summed E-state index contributed by atoms with van der Waals surface area (Å²) in [6.07, 6.45) is 4.68. The lowest BCUT2D eigenvalue weighted by molar-refractivity contribution is -0.233. The van der Waals surface area contributed by atoms with E-state index in [0.717, 1.165) is 42.6 Å². The fourth-order valence-electron chi connectivity index (χ4n) is 7.14. The molecule has 2 fully saturated rings. The highest BCUT2D eigenvalue weighted by atomic mass is 16.5. The second-order valence-corrected chi connectivity index (χ2v) is 10.7. The SMILES string of the molecule is Cc1cc2c(c3c1C[C@]1(C)[C@@H](C)CCC4C(C)(C)[C@@H](O)CCC41O3)CNC2=O. The van der Waals surface area contributed by atoms with E-state index < -0.39 is 0 Å². The number of hydrogen-bond acceptors (Lipinski definition) is 3. The van der Waals surface area contributed by atoms with Crippen molar-refractivity contribution in [2.75, 3.05) is 0 Å². The van der Waals surface area contributed by atoms with E-state index in [-0.39, 0.29) is 28.4 Å². The van der Waals surface area contributed by atoms with Crippen LogP contribution in [0.5, 0.6) is 5.75 Å². The molecule has 4 aliphatic rings. The van der Waals surface area contributed by atoms with Crippen LogP contribution in [0.15, 0.2) is 6.07 Å². The molecule has 1 spiro atoms. The fourth-order valence-corrected chi connectivity index (χ4v) is 7.14. The van der Waals surface area contributed by atoms with Gasteiger partial charge in [0.1, 0.15) is 11.4 Å². The van der Waals surface area contributed by atoms with Gasteiger partial charge in [0.25, 0.3) is 5.91 Å². The van der Waals surface area contributed by atoms with Crippen LogP contribution in [0.4, 0.5) is 0 Å². The van der Waals surface area contributed by atoms with E-state index in [9.17, 15) is 9.90 Å². The zero-order valence-electron chi connectivity index (χ0n) is 17.8. The number of aryl methyl sites for hydroxylation is 1. The summed E-state index contributed by atoms with van der Waals surface area (Å²) in [5.74, 6) is 1.87. The summed E-state index contributed by atoms with van der Waals surface area (Å²) < 4.78 is 7.15. The summed E-state index contributed by atoms with van der Waals surface area (Å²) in [6.45, 7) is 12.0. The van der Waals surface area contributed by atoms with Crippen molar-refractivity contribution in [1.82, 2.24) is 5.32 Å². The summed E-state index contributed by atoms with van der Waals surface area (Å²) in [6, 6.07) is 2.06. The van der Waals surface area contributed by atoms with E-state index in [1.165, 1.54) is 17.5 Å². The van der Waals surface area contributed by atoms with Crippen molar-refractivity contribution >= 4 is 5.91 Å². The highest BCUT2D eigenvalue weighted by Crippen LogP contribution is 2.66. The topological polar surface area (TPSA) is 58.6 Å². The van der Waals surface area contributed by atoms with E-state index in [0.29, 0.717) is 18.4 Å². The maximum Gasteiger partial charge on any atom is 0.252 e. The molecule has 1 amide bonds. The summed E-state index contributed by atoms with van der Waals surface area (Å²) in [7, 11) is 0. The first-order chi connectivity index (χ1) is 13.1. The predicted octanol–water partition coefficient (Wildman–Crippen LogP) is 4.15. The predicted molar refractivity (Wildman–Crippen MR) is 108 cm³/mol. The lowest BCUT2D eigenvalue weighted by Gasteiger charge is -2.67. The Morgan fingerprint density at radius 2 is 1.93 bits per heavy atom. The number of amides is 1. The highest BCUT2D eigenvalue weighted by Gasteiger charge is 2.67. The number of fused-ring (bicyclic) bond motifs is 3. The molecular formula is C24H33NO3. The first-order valence-electron chi connectivity index (χ1n) is 10.9. The molecule has 0 aromatic heterocycles. The third-order valence-electron chi connectivity index (χ3n) is 9.26. The Morgan fingerprint density at radius 1 is 1.18 bits per heavy atom. The molecule has 4 nitrogen and oxygen atoms in total. The van der Waals surface area contributed by atoms with E-state index >= 15 is 0 Å². The average Bonchev–Trinajstić information content (AvgIpc) is 3.00. The van der Waals surface area contributed by atoms with Gasteiger partial charge in [-0.3, -0.25) is 4.79 Å². The largest absolute Gasteiger partial charge is 0.486 e. The molecule has 2 aliphatic carbocycles. The smallest absolute Gasteiger partial charge is 0.252 e. The number of hydrogen-bond donors (Lipinski definition) is 2. The van der Waals surface area contributed by atoms with Gasteiger partial charge >= 0.3 is 0 Å². The first-order valence-corrected chi connectivity index (χ1v) is 10.9. The molecule has 5 rings (SSSR count). The molecular weight excluding hydrogens is 350 g/mol. The van der Waals surface area contributed by atoms with Gasteiger partial charge in [-0.1, -0.05) is 27.7 Å². The van der Waals surface area contributed by atoms with E-state index in [2.05, 4.69) is 46.0 Å². The lowest BCUT2D eigenvalue weighted by atomic mass is 9.43. The molecule has 28 heavy (non-hydrogen) atoms. The Bertz CT molecular complexity index is 875. The number of benzene rings is 1. The normalized spacial score (nSPS) is 40.5. The third kappa shape index (κ3) is 2.03. The third-order valence-corrected chi connectivity index (χ3v) is 9.26. The molecule has 1 aromatic carbocycles. The second kappa shape index (κ2) is 5.53. The zero-order valence-corrected chi connectivity index (χ0v) is 17.8. The van der Waals surface area contributed by atoms with Gasteiger partial charge in [-0.25, -0.2) is 0 Å². The van der Waals surface area contributed by atoms with Gasteiger partial charge in [0.15, 0.2) is 0 Å². The maximum atomic E-state index is 12.3. The summed E-state index contributed by atoms with van der Waals surface area (Å²) in [4.78, 5) is 12.3. The highest BCUT2D eigenvalue weighted by molar-refractivity contribution is 5.99. The van der Waals surface area contributed by atoms with Crippen LogP contribution in [0.1, 0.15) is 80.4 Å². The monoisotopic (exact) mass is 383 g/mol. The fraction of sp³-hybridized carbons (Fsp3) is 0.708. The van der Waals surface area contributed by atoms with Crippen LogP contribution in [0, 0.1) is 29.6 Å². The molecule has 2 heterocycles. The molecule has 0 saturated heterocycles. The number of rotatable bonds is 0. The molecule has 0 bridgehead atoms. The Morgan fingerprint density at radius 3 is 2.68 bits per heavy atom. The van der Waals surface area contributed by atoms with Gasteiger partial charge in [0, 0.05) is 29.0 Å². The van der Waals surface area contributed by atoms with Crippen molar-refractivity contribution < 1.29 is 14.6 Å². The van der Waals surface area contributed by atoms with Gasteiger partial charge in [-0.05, 0) is 67.6 Å². The van der Waals surface area contributed by atoms with Crippen LogP contribution in [0.2, 0.25) is 0 Å². The Hall–Kier alpha value is -1.55. The standard InChI is InChI=1S/C24H33NO3/c1-13-10-15-17(12-25-21(15)27)20-16(13)11-23(5)14(2)6-7-18-22(3,4)19(26)8-9-24(18,23)28-20/h10,14,18-19,26H,6-9,11-12H2,1-5H3,(H,25,27)/t14-,18?,19-,23+,24?/m0/s1. The van der Waals surface area contributed by atoms with E-state index in [4.69, 9.17) is 4.74 Å². The Labute approximate surface area is 168 Å². The van der Waals surface area contributed by atoms with Gasteiger partial charge in [-0.15, -0.1) is 0 Å². The van der Waals surface area contributed by atoms with Crippen molar-refractivity contribution in [3.63, 3.8) is 0 Å². The van der Waals surface area contributed by atoms with Gasteiger partial charge < -0.3 is 15.2 Å². The van der Waals surface area contributed by atoms with E-state index in [1.54, 1.807) is 0 Å². The van der Waals surface area contributed by atoms with Crippen molar-refractivity contribution in [2.45, 2.75) is 85.0 Å². The van der Waals surface area contributed by atoms with Crippen molar-refractivity contribution in [1.29, 1.82) is 0 Å². The molecule has 4 heteroatoms. The quantitative estimate of drug-likeness (QED) is 0.708. The van der Waals surface area contributed by atoms with Crippen molar-refractivity contribution in [3.8, 4) is 5.75 Å². The number of nitrogens with one attached hydrogen (secondary N) is 1. The average molecular weight is 384 g/mol. The van der Waals surface area contributed by atoms with Crippen molar-refractivity contribution in [2.24, 2.45) is 22.7 Å². The second-order valence-electron chi connectivity index (χ2n) is 10.7. The van der Waals surface area contributed by atoms with Crippen LogP contribution < -0.4 is 10.1 Å². The molecule has 0 radical (unpaired) electrons. The summed E-state index contributed by atoms with van der Waals surface area (Å²) >= 11 is 0. The minimum atomic E-state index is -0.280. The maximum absolute atomic E-state index is 12.3. The Balaban J connectivity index is 1.73. The summed E-state index contributed by atoms with van der Waals surface area (Å²) in [5.41, 5.74) is 3.89. The molecule has 2 aliphatic heterocycles. The minimum Gasteiger partial charge on any atom is -0.486 e. The van der Waals surface area contributed by atoms with Gasteiger partial charge in [0.05, 0.1) is 6.10 Å². The minimum absolute atomic E-state index is 0.0169. The number of aliphatic hydroxyl groups is 1. The van der Waals surface area contributed by atoms with Crippen LogP contribution in [0.25, 0.3) is 0 Å². The Kier molecular flexibility index (Phi) is 3.65. The van der Waals surface area contributed by atoms with Crippen LogP contribution in [0.3, 0.4) is 0 Å². The number of aliphatic hydroxyl groups excluding tert-OH is 1. The first kappa shape index (κ1) is 18.5. The van der Waals surface area contributed by atoms with Gasteiger partial charge in [-0.2, -0.15) is 0 Å². The zero-order chi connectivity index (χ0) is 20.1. The van der Waals surface area contributed by atoms with Crippen molar-refractivity contribution in [3.05, 3.63) is 28.3 Å². The molecule has 1 aromatic rings.